The first-order valence-corrected chi connectivity index (χ1v) is 5.43. The summed E-state index contributed by atoms with van der Waals surface area (Å²) in [5, 5.41) is 0. The lowest BCUT2D eigenvalue weighted by atomic mass is 9.81. The second kappa shape index (κ2) is 5.52. The molecule has 0 aromatic rings. The fourth-order valence-electron chi connectivity index (χ4n) is 1.95. The lowest BCUT2D eigenvalue weighted by molar-refractivity contribution is -0.187. The number of alkyl halides is 3. The number of rotatable bonds is 3. The molecule has 0 aromatic carbocycles. The van der Waals surface area contributed by atoms with Crippen molar-refractivity contribution in [3.63, 3.8) is 0 Å². The van der Waals surface area contributed by atoms with Gasteiger partial charge in [0, 0.05) is 5.92 Å². The van der Waals surface area contributed by atoms with E-state index in [1.807, 2.05) is 0 Å². The van der Waals surface area contributed by atoms with Gasteiger partial charge in [0.05, 0.1) is 12.5 Å². The molecule has 1 N–H and O–H groups in total. The first-order chi connectivity index (χ1) is 7.45. The fourth-order valence-corrected chi connectivity index (χ4v) is 1.95. The molecule has 16 heavy (non-hydrogen) atoms. The standard InChI is InChI=1S/C10H16F3NO2/c1-2-16-14-9(15)7-4-3-5-8(6-7)10(11,12)13/h7-8H,2-6H2,1H3,(H,14,15). The third-order valence-corrected chi connectivity index (χ3v) is 2.83. The van der Waals surface area contributed by atoms with Crippen LogP contribution in [0, 0.1) is 11.8 Å². The Morgan fingerprint density at radius 2 is 2.12 bits per heavy atom. The van der Waals surface area contributed by atoms with Crippen molar-refractivity contribution in [2.24, 2.45) is 11.8 Å². The van der Waals surface area contributed by atoms with Crippen LogP contribution >= 0.6 is 0 Å². The van der Waals surface area contributed by atoms with Gasteiger partial charge >= 0.3 is 6.18 Å². The van der Waals surface area contributed by atoms with E-state index in [9.17, 15) is 18.0 Å². The molecule has 0 radical (unpaired) electrons. The van der Waals surface area contributed by atoms with Crippen molar-refractivity contribution >= 4 is 5.91 Å². The molecule has 0 aliphatic heterocycles. The Labute approximate surface area is 92.3 Å². The average molecular weight is 239 g/mol. The molecule has 0 bridgehead atoms. The SMILES string of the molecule is CCONC(=O)C1CCCC(C(F)(F)F)C1. The monoisotopic (exact) mass is 239 g/mol. The van der Waals surface area contributed by atoms with Crippen LogP contribution < -0.4 is 5.48 Å². The first kappa shape index (κ1) is 13.3. The van der Waals surface area contributed by atoms with Gasteiger partial charge in [0.2, 0.25) is 5.91 Å². The highest BCUT2D eigenvalue weighted by Crippen LogP contribution is 2.39. The maximum Gasteiger partial charge on any atom is 0.391 e. The number of halogens is 3. The molecule has 1 aliphatic carbocycles. The van der Waals surface area contributed by atoms with Gasteiger partial charge in [0.25, 0.3) is 0 Å². The van der Waals surface area contributed by atoms with Gasteiger partial charge in [0.15, 0.2) is 0 Å². The number of amides is 1. The van der Waals surface area contributed by atoms with E-state index >= 15 is 0 Å². The summed E-state index contributed by atoms with van der Waals surface area (Å²) in [6.45, 7) is 2.00. The maximum atomic E-state index is 12.5. The second-order valence-corrected chi connectivity index (χ2v) is 4.00. The topological polar surface area (TPSA) is 38.3 Å². The van der Waals surface area contributed by atoms with Crippen molar-refractivity contribution < 1.29 is 22.8 Å². The predicted molar refractivity (Wildman–Crippen MR) is 51.3 cm³/mol. The van der Waals surface area contributed by atoms with Gasteiger partial charge in [-0.05, 0) is 26.2 Å². The number of carbonyl (C=O) groups is 1. The van der Waals surface area contributed by atoms with Gasteiger partial charge < -0.3 is 0 Å². The van der Waals surface area contributed by atoms with Crippen LogP contribution in [0.4, 0.5) is 13.2 Å². The van der Waals surface area contributed by atoms with E-state index in [-0.39, 0.29) is 12.8 Å². The van der Waals surface area contributed by atoms with Gasteiger partial charge in [-0.1, -0.05) is 6.42 Å². The van der Waals surface area contributed by atoms with E-state index in [0.717, 1.165) is 0 Å². The number of hydroxylamine groups is 1. The van der Waals surface area contributed by atoms with Gasteiger partial charge in [-0.15, -0.1) is 0 Å². The quantitative estimate of drug-likeness (QED) is 0.768. The number of hydrogen-bond donors (Lipinski definition) is 1. The Hall–Kier alpha value is -0.780. The Bertz CT molecular complexity index is 243. The molecule has 0 aromatic heterocycles. The summed E-state index contributed by atoms with van der Waals surface area (Å²) < 4.78 is 37.4. The summed E-state index contributed by atoms with van der Waals surface area (Å²) in [7, 11) is 0. The number of carbonyl (C=O) groups excluding carboxylic acids is 1. The normalized spacial score (nSPS) is 26.5. The molecule has 0 spiro atoms. The molecule has 1 rings (SSSR count). The molecular weight excluding hydrogens is 223 g/mol. The lowest BCUT2D eigenvalue weighted by Crippen LogP contribution is -2.37. The minimum Gasteiger partial charge on any atom is -0.274 e. The van der Waals surface area contributed by atoms with Crippen LogP contribution in [-0.2, 0) is 9.63 Å². The third-order valence-electron chi connectivity index (χ3n) is 2.83. The van der Waals surface area contributed by atoms with E-state index < -0.39 is 23.9 Å². The lowest BCUT2D eigenvalue weighted by Gasteiger charge is -2.29. The molecule has 6 heteroatoms. The van der Waals surface area contributed by atoms with Crippen molar-refractivity contribution in [3.8, 4) is 0 Å². The number of nitrogens with one attached hydrogen (secondary N) is 1. The maximum absolute atomic E-state index is 12.5. The highest BCUT2D eigenvalue weighted by atomic mass is 19.4. The van der Waals surface area contributed by atoms with E-state index in [1.165, 1.54) is 0 Å². The summed E-state index contributed by atoms with van der Waals surface area (Å²) in [5.74, 6) is -2.36. The third kappa shape index (κ3) is 3.66. The van der Waals surface area contributed by atoms with Gasteiger partial charge in [0.1, 0.15) is 0 Å². The van der Waals surface area contributed by atoms with Crippen LogP contribution in [0.2, 0.25) is 0 Å². The minimum atomic E-state index is -4.19. The Kier molecular flexibility index (Phi) is 4.58. The largest absolute Gasteiger partial charge is 0.391 e. The van der Waals surface area contributed by atoms with Crippen molar-refractivity contribution in [3.05, 3.63) is 0 Å². The van der Waals surface area contributed by atoms with Crippen LogP contribution in [0.1, 0.15) is 32.6 Å². The van der Waals surface area contributed by atoms with Gasteiger partial charge in [-0.2, -0.15) is 13.2 Å². The van der Waals surface area contributed by atoms with Crippen molar-refractivity contribution in [2.75, 3.05) is 6.61 Å². The van der Waals surface area contributed by atoms with Crippen molar-refractivity contribution in [2.45, 2.75) is 38.8 Å². The highest BCUT2D eigenvalue weighted by molar-refractivity contribution is 5.77. The number of hydrogen-bond acceptors (Lipinski definition) is 2. The Morgan fingerprint density at radius 1 is 1.44 bits per heavy atom. The van der Waals surface area contributed by atoms with Crippen molar-refractivity contribution in [1.82, 2.24) is 5.48 Å². The summed E-state index contributed by atoms with van der Waals surface area (Å²) in [6, 6.07) is 0. The highest BCUT2D eigenvalue weighted by Gasteiger charge is 2.43. The molecule has 1 aliphatic rings. The second-order valence-electron chi connectivity index (χ2n) is 4.00. The summed E-state index contributed by atoms with van der Waals surface area (Å²) in [6.07, 6.45) is -3.24. The molecule has 1 fully saturated rings. The summed E-state index contributed by atoms with van der Waals surface area (Å²) in [5.41, 5.74) is 2.17. The molecule has 3 nitrogen and oxygen atoms in total. The zero-order valence-corrected chi connectivity index (χ0v) is 9.14. The van der Waals surface area contributed by atoms with Gasteiger partial charge in [-0.3, -0.25) is 9.63 Å². The molecule has 2 atom stereocenters. The minimum absolute atomic E-state index is 0.123. The summed E-state index contributed by atoms with van der Waals surface area (Å²) in [4.78, 5) is 16.1. The molecular formula is C10H16F3NO2. The van der Waals surface area contributed by atoms with E-state index in [1.54, 1.807) is 6.92 Å². The molecule has 1 saturated carbocycles. The molecule has 2 unspecified atom stereocenters. The molecule has 94 valence electrons. The molecule has 0 heterocycles. The van der Waals surface area contributed by atoms with Gasteiger partial charge in [-0.25, -0.2) is 5.48 Å². The van der Waals surface area contributed by atoms with Crippen LogP contribution in [0.5, 0.6) is 0 Å². The zero-order valence-electron chi connectivity index (χ0n) is 9.14. The Balaban J connectivity index is 2.47. The first-order valence-electron chi connectivity index (χ1n) is 5.43. The van der Waals surface area contributed by atoms with E-state index in [2.05, 4.69) is 10.3 Å². The van der Waals surface area contributed by atoms with Crippen LogP contribution in [0.15, 0.2) is 0 Å². The predicted octanol–water partition coefficient (Wildman–Crippen LogP) is 2.42. The van der Waals surface area contributed by atoms with Crippen LogP contribution in [0.3, 0.4) is 0 Å². The average Bonchev–Trinajstić information content (AvgIpc) is 2.25. The fraction of sp³-hybridized carbons (Fsp3) is 0.900. The van der Waals surface area contributed by atoms with Crippen LogP contribution in [-0.4, -0.2) is 18.7 Å². The van der Waals surface area contributed by atoms with Crippen molar-refractivity contribution in [1.29, 1.82) is 0 Å². The molecule has 1 amide bonds. The summed E-state index contributed by atoms with van der Waals surface area (Å²) >= 11 is 0. The zero-order chi connectivity index (χ0) is 12.2. The van der Waals surface area contributed by atoms with Crippen LogP contribution in [0.25, 0.3) is 0 Å². The van der Waals surface area contributed by atoms with E-state index in [0.29, 0.717) is 19.4 Å². The van der Waals surface area contributed by atoms with E-state index in [4.69, 9.17) is 0 Å². The molecule has 0 saturated heterocycles. The smallest absolute Gasteiger partial charge is 0.274 e. The Morgan fingerprint density at radius 3 is 2.69 bits per heavy atom.